The van der Waals surface area contributed by atoms with E-state index in [-0.39, 0.29) is 10.8 Å². The number of para-hydroxylation sites is 2. The van der Waals surface area contributed by atoms with Crippen LogP contribution in [0.15, 0.2) is 139 Å². The van der Waals surface area contributed by atoms with Gasteiger partial charge in [-0.15, -0.1) is 0 Å². The number of fused-ring (bicyclic) bond motifs is 4. The Hall–Kier alpha value is -3.75. The number of halogens is 1. The molecule has 1 atom stereocenters. The van der Waals surface area contributed by atoms with Crippen LogP contribution >= 0.6 is 11.6 Å². The summed E-state index contributed by atoms with van der Waals surface area (Å²) in [5.41, 5.74) is 11.9. The van der Waals surface area contributed by atoms with Crippen LogP contribution in [0.2, 0.25) is 0 Å². The molecule has 0 N–H and O–H groups in total. The highest BCUT2D eigenvalue weighted by atomic mass is 35.5. The predicted octanol–water partition coefficient (Wildman–Crippen LogP) is 14.9. The monoisotopic (exact) mass is 835 g/mol. The Labute approximate surface area is 374 Å². The molecule has 3 heteroatoms. The van der Waals surface area contributed by atoms with Crippen molar-refractivity contribution < 1.29 is 0 Å². The average Bonchev–Trinajstić information content (AvgIpc) is 3.79. The van der Waals surface area contributed by atoms with Crippen LogP contribution in [0.1, 0.15) is 176 Å². The van der Waals surface area contributed by atoms with E-state index in [0.29, 0.717) is 5.92 Å². The molecule has 0 amide bonds. The molecule has 2 aliphatic heterocycles. The molecule has 2 aromatic rings. The van der Waals surface area contributed by atoms with Crippen molar-refractivity contribution in [3.8, 4) is 0 Å². The van der Waals surface area contributed by atoms with Crippen LogP contribution in [-0.4, -0.2) is 0 Å². The third-order valence-electron chi connectivity index (χ3n) is 14.2. The van der Waals surface area contributed by atoms with Crippen molar-refractivity contribution in [2.45, 2.75) is 176 Å². The van der Waals surface area contributed by atoms with Gasteiger partial charge in [0.15, 0.2) is 0 Å². The summed E-state index contributed by atoms with van der Waals surface area (Å²) >= 11 is 7.49. The largest absolute Gasteiger partial charge is 0.248 e. The van der Waals surface area contributed by atoms with Crippen molar-refractivity contribution in [1.82, 2.24) is 0 Å². The summed E-state index contributed by atoms with van der Waals surface area (Å²) in [7, 11) is 0. The fourth-order valence-corrected chi connectivity index (χ4v) is 11.1. The first-order chi connectivity index (χ1) is 29.6. The molecule has 0 radical (unpaired) electrons. The molecule has 5 aliphatic rings. The standard InChI is InChI=1S/C58H75ClN2/c1-7-9-11-13-15-17-19-21-30-44-48(57(3,4)40-52-54(44)46-32-23-25-34-50(46)60-52)38-36-42-28-27-29-43(56(42)59)37-39-49-45(31-22-20-18-16-14-12-10-8-2)55-47-33-24-26-35-51(47)61-53(55)41-58(49,5)6/h23-26,32-41,44H,7-22,27-31H2,1-6H3. The Morgan fingerprint density at radius 1 is 0.623 bits per heavy atom. The Balaban J connectivity index is 1.17. The average molecular weight is 836 g/mol. The lowest BCUT2D eigenvalue weighted by Gasteiger charge is -2.37. The molecule has 61 heavy (non-hydrogen) atoms. The molecule has 2 aromatic carbocycles. The van der Waals surface area contributed by atoms with Gasteiger partial charge in [0.05, 0.1) is 22.1 Å². The number of nitrogens with zero attached hydrogens (tertiary/aromatic N) is 2. The van der Waals surface area contributed by atoms with Gasteiger partial charge in [0.2, 0.25) is 0 Å². The van der Waals surface area contributed by atoms with Crippen LogP contribution in [0.4, 0.5) is 0 Å². The highest BCUT2D eigenvalue weighted by Gasteiger charge is 2.38. The Morgan fingerprint density at radius 2 is 1.20 bits per heavy atom. The lowest BCUT2D eigenvalue weighted by molar-refractivity contribution is 0.463. The zero-order valence-electron chi connectivity index (χ0n) is 38.8. The van der Waals surface area contributed by atoms with Crippen molar-refractivity contribution >= 4 is 22.7 Å². The minimum atomic E-state index is -0.132. The topological polar surface area (TPSA) is 24.7 Å². The van der Waals surface area contributed by atoms with E-state index in [1.165, 1.54) is 164 Å². The van der Waals surface area contributed by atoms with Gasteiger partial charge < -0.3 is 0 Å². The van der Waals surface area contributed by atoms with Gasteiger partial charge in [-0.3, -0.25) is 0 Å². The van der Waals surface area contributed by atoms with E-state index in [1.807, 2.05) is 0 Å². The fraction of sp³-hybridized carbons (Fsp3) is 0.517. The number of benzene rings is 2. The Bertz CT molecular complexity index is 2390. The number of unbranched alkanes of at least 4 members (excludes halogenated alkanes) is 14. The zero-order valence-corrected chi connectivity index (χ0v) is 39.5. The quantitative estimate of drug-likeness (QED) is 0.112. The highest BCUT2D eigenvalue weighted by molar-refractivity contribution is 6.32. The van der Waals surface area contributed by atoms with E-state index in [1.54, 1.807) is 0 Å². The van der Waals surface area contributed by atoms with Crippen molar-refractivity contribution in [2.24, 2.45) is 26.7 Å². The number of allylic oxidation sites excluding steroid dienone is 13. The summed E-state index contributed by atoms with van der Waals surface area (Å²) in [6.07, 6.45) is 41.2. The molecule has 0 saturated carbocycles. The van der Waals surface area contributed by atoms with E-state index in [9.17, 15) is 0 Å². The van der Waals surface area contributed by atoms with Crippen molar-refractivity contribution in [3.63, 3.8) is 0 Å². The molecule has 7 rings (SSSR count). The summed E-state index contributed by atoms with van der Waals surface area (Å²) in [5, 5.41) is 5.80. The first-order valence-electron chi connectivity index (χ1n) is 24.7. The van der Waals surface area contributed by atoms with E-state index >= 15 is 0 Å². The normalized spacial score (nSPS) is 21.4. The summed E-state index contributed by atoms with van der Waals surface area (Å²) in [5.74, 6) is 0.355. The van der Waals surface area contributed by atoms with E-state index in [4.69, 9.17) is 21.6 Å². The second-order valence-corrected chi connectivity index (χ2v) is 20.2. The third-order valence-corrected chi connectivity index (χ3v) is 14.6. The van der Waals surface area contributed by atoms with Crippen molar-refractivity contribution in [3.05, 3.63) is 150 Å². The first-order valence-corrected chi connectivity index (χ1v) is 25.1. The van der Waals surface area contributed by atoms with Crippen LogP contribution in [-0.2, 0) is 0 Å². The Morgan fingerprint density at radius 3 is 1.89 bits per heavy atom. The molecule has 2 nitrogen and oxygen atoms in total. The molecule has 1 unspecified atom stereocenters. The number of hydrogen-bond donors (Lipinski definition) is 0. The maximum Gasteiger partial charge on any atom is 0.0716 e. The van der Waals surface area contributed by atoms with Gasteiger partial charge in [-0.05, 0) is 90.7 Å². The molecular weight excluding hydrogens is 760 g/mol. The first kappa shape index (κ1) is 45.3. The summed E-state index contributed by atoms with van der Waals surface area (Å²) < 4.78 is 0. The van der Waals surface area contributed by atoms with Crippen LogP contribution in [0.3, 0.4) is 0 Å². The van der Waals surface area contributed by atoms with Gasteiger partial charge in [-0.1, -0.05) is 216 Å². The molecule has 324 valence electrons. The molecule has 0 bridgehead atoms. The minimum Gasteiger partial charge on any atom is -0.248 e. The van der Waals surface area contributed by atoms with E-state index in [2.05, 4.69) is 127 Å². The van der Waals surface area contributed by atoms with Crippen LogP contribution < -0.4 is 21.2 Å². The van der Waals surface area contributed by atoms with Gasteiger partial charge >= 0.3 is 0 Å². The van der Waals surface area contributed by atoms with E-state index < -0.39 is 0 Å². The van der Waals surface area contributed by atoms with Gasteiger partial charge in [0.25, 0.3) is 0 Å². The molecule has 2 heterocycles. The molecule has 0 aromatic heterocycles. The molecule has 0 saturated heterocycles. The maximum absolute atomic E-state index is 7.49. The van der Waals surface area contributed by atoms with Gasteiger partial charge in [0, 0.05) is 37.8 Å². The lowest BCUT2D eigenvalue weighted by Crippen LogP contribution is -2.30. The van der Waals surface area contributed by atoms with Crippen LogP contribution in [0.5, 0.6) is 0 Å². The van der Waals surface area contributed by atoms with E-state index in [0.717, 1.165) is 47.1 Å². The predicted molar refractivity (Wildman–Crippen MR) is 262 cm³/mol. The van der Waals surface area contributed by atoms with Crippen molar-refractivity contribution in [1.29, 1.82) is 0 Å². The summed E-state index contributed by atoms with van der Waals surface area (Å²) in [6, 6.07) is 17.5. The van der Waals surface area contributed by atoms with Gasteiger partial charge in [-0.2, -0.15) is 0 Å². The SMILES string of the molecule is CCCCCCCCCCC1=C(C=CC2=C(Cl)C(=CC=C3C(CCCCCCCCCC)C4=c5ccccc5=NC4=CC3(C)C)CCC2)C(C)(C)C=C2N=c3ccccc3=C21. The van der Waals surface area contributed by atoms with Gasteiger partial charge in [-0.25, -0.2) is 9.98 Å². The molecular formula is C58H75ClN2. The molecule has 3 aliphatic carbocycles. The smallest absolute Gasteiger partial charge is 0.0716 e. The molecule has 0 fully saturated rings. The maximum atomic E-state index is 7.49. The third kappa shape index (κ3) is 10.7. The molecule has 0 spiro atoms. The summed E-state index contributed by atoms with van der Waals surface area (Å²) in [4.78, 5) is 10.3. The zero-order chi connectivity index (χ0) is 42.8. The Kier molecular flexibility index (Phi) is 15.6. The highest BCUT2D eigenvalue weighted by Crippen LogP contribution is 2.49. The minimum absolute atomic E-state index is 0.0977. The van der Waals surface area contributed by atoms with Crippen LogP contribution in [0, 0.1) is 16.7 Å². The number of rotatable bonds is 21. The second-order valence-electron chi connectivity index (χ2n) is 19.8. The second kappa shape index (κ2) is 21.1. The van der Waals surface area contributed by atoms with Crippen LogP contribution in [0.25, 0.3) is 11.1 Å². The van der Waals surface area contributed by atoms with Gasteiger partial charge in [0.1, 0.15) is 0 Å². The van der Waals surface area contributed by atoms with Crippen molar-refractivity contribution in [2.75, 3.05) is 0 Å². The number of hydrogen-bond acceptors (Lipinski definition) is 2. The lowest BCUT2D eigenvalue weighted by atomic mass is 9.67. The summed E-state index contributed by atoms with van der Waals surface area (Å²) in [6.45, 7) is 14.1. The fourth-order valence-electron chi connectivity index (χ4n) is 10.8.